The van der Waals surface area contributed by atoms with Gasteiger partial charge in [-0.2, -0.15) is 0 Å². The van der Waals surface area contributed by atoms with Crippen molar-refractivity contribution in [1.29, 1.82) is 0 Å². The molecule has 1 rings (SSSR count). The molecule has 5 nitrogen and oxygen atoms in total. The van der Waals surface area contributed by atoms with Gasteiger partial charge >= 0.3 is 0 Å². The molecule has 1 aromatic heterocycles. The number of nitrogens with zero attached hydrogens (tertiary/aromatic N) is 2. The van der Waals surface area contributed by atoms with Crippen molar-refractivity contribution in [2.24, 2.45) is 5.73 Å². The van der Waals surface area contributed by atoms with E-state index in [1.807, 2.05) is 30.9 Å². The van der Waals surface area contributed by atoms with E-state index >= 15 is 0 Å². The van der Waals surface area contributed by atoms with Gasteiger partial charge in [0.05, 0.1) is 12.0 Å². The first-order valence-electron chi connectivity index (χ1n) is 6.90. The van der Waals surface area contributed by atoms with E-state index in [0.29, 0.717) is 26.1 Å². The molecule has 1 aromatic rings. The fraction of sp³-hybridized carbons (Fsp3) is 0.600. The van der Waals surface area contributed by atoms with Crippen LogP contribution in [-0.2, 0) is 16.1 Å². The zero-order valence-corrected chi connectivity index (χ0v) is 12.6. The second-order valence-electron chi connectivity index (χ2n) is 5.46. The average molecular weight is 279 g/mol. The third-order valence-electron chi connectivity index (χ3n) is 3.21. The molecule has 0 saturated carbocycles. The molecule has 0 aromatic carbocycles. The molecule has 0 saturated heterocycles. The largest absolute Gasteiger partial charge is 0.378 e. The summed E-state index contributed by atoms with van der Waals surface area (Å²) >= 11 is 0. The summed E-state index contributed by atoms with van der Waals surface area (Å²) in [6, 6.07) is 3.84. The van der Waals surface area contributed by atoms with Crippen LogP contribution in [0, 0.1) is 0 Å². The van der Waals surface area contributed by atoms with Crippen molar-refractivity contribution in [1.82, 2.24) is 9.88 Å². The van der Waals surface area contributed by atoms with Gasteiger partial charge < -0.3 is 15.4 Å². The van der Waals surface area contributed by atoms with Crippen molar-refractivity contribution in [2.45, 2.75) is 38.8 Å². The molecule has 0 atom stereocenters. The number of rotatable bonds is 8. The van der Waals surface area contributed by atoms with Gasteiger partial charge in [0.1, 0.15) is 0 Å². The van der Waals surface area contributed by atoms with Crippen molar-refractivity contribution >= 4 is 5.91 Å². The van der Waals surface area contributed by atoms with Crippen molar-refractivity contribution < 1.29 is 9.53 Å². The number of amides is 1. The fourth-order valence-electron chi connectivity index (χ4n) is 1.83. The van der Waals surface area contributed by atoms with E-state index in [1.54, 1.807) is 19.5 Å². The number of hydrogen-bond acceptors (Lipinski definition) is 4. The zero-order valence-electron chi connectivity index (χ0n) is 12.6. The number of aromatic nitrogens is 1. The van der Waals surface area contributed by atoms with Crippen molar-refractivity contribution in [2.75, 3.05) is 20.2 Å². The maximum atomic E-state index is 12.4. The summed E-state index contributed by atoms with van der Waals surface area (Å²) in [5.41, 5.74) is 6.12. The number of hydrogen-bond donors (Lipinski definition) is 1. The van der Waals surface area contributed by atoms with Crippen LogP contribution in [0.1, 0.15) is 32.3 Å². The third-order valence-corrected chi connectivity index (χ3v) is 3.21. The second-order valence-corrected chi connectivity index (χ2v) is 5.46. The minimum atomic E-state index is -0.451. The van der Waals surface area contributed by atoms with Crippen LogP contribution in [0.2, 0.25) is 0 Å². The van der Waals surface area contributed by atoms with E-state index in [4.69, 9.17) is 10.5 Å². The summed E-state index contributed by atoms with van der Waals surface area (Å²) in [4.78, 5) is 18.3. The lowest BCUT2D eigenvalue weighted by Crippen LogP contribution is -2.38. The zero-order chi connectivity index (χ0) is 15.0. The van der Waals surface area contributed by atoms with Crippen LogP contribution in [0.25, 0.3) is 0 Å². The molecule has 0 fully saturated rings. The van der Waals surface area contributed by atoms with Gasteiger partial charge in [-0.15, -0.1) is 0 Å². The Labute approximate surface area is 121 Å². The van der Waals surface area contributed by atoms with Crippen LogP contribution in [0.4, 0.5) is 0 Å². The quantitative estimate of drug-likeness (QED) is 0.784. The summed E-state index contributed by atoms with van der Waals surface area (Å²) < 4.78 is 5.33. The topological polar surface area (TPSA) is 68.5 Å². The number of carbonyl (C=O) groups is 1. The van der Waals surface area contributed by atoms with Gasteiger partial charge in [-0.25, -0.2) is 0 Å². The van der Waals surface area contributed by atoms with Crippen molar-refractivity contribution in [3.05, 3.63) is 30.1 Å². The minimum absolute atomic E-state index is 0.0779. The highest BCUT2D eigenvalue weighted by Gasteiger charge is 2.24. The third kappa shape index (κ3) is 5.67. The molecule has 0 unspecified atom stereocenters. The molecule has 0 aliphatic rings. The normalized spacial score (nSPS) is 11.4. The summed E-state index contributed by atoms with van der Waals surface area (Å²) in [5, 5.41) is 0. The molecule has 0 radical (unpaired) electrons. The minimum Gasteiger partial charge on any atom is -0.378 e. The molecule has 5 heteroatoms. The van der Waals surface area contributed by atoms with E-state index in [1.165, 1.54) is 0 Å². The predicted molar refractivity (Wildman–Crippen MR) is 79.0 cm³/mol. The molecule has 0 bridgehead atoms. The van der Waals surface area contributed by atoms with Crippen LogP contribution in [0.15, 0.2) is 24.5 Å². The first kappa shape index (κ1) is 16.6. The fourth-order valence-corrected chi connectivity index (χ4v) is 1.83. The molecular weight excluding hydrogens is 254 g/mol. The highest BCUT2D eigenvalue weighted by Crippen LogP contribution is 2.16. The van der Waals surface area contributed by atoms with Gasteiger partial charge in [-0.3, -0.25) is 9.78 Å². The Morgan fingerprint density at radius 1 is 1.50 bits per heavy atom. The van der Waals surface area contributed by atoms with E-state index in [2.05, 4.69) is 4.98 Å². The Morgan fingerprint density at radius 2 is 2.25 bits per heavy atom. The van der Waals surface area contributed by atoms with Crippen molar-refractivity contribution in [3.63, 3.8) is 0 Å². The SMILES string of the molecule is COC(C)(C)CC(=O)N(CCCN)Cc1cccnc1. The molecule has 112 valence electrons. The van der Waals surface area contributed by atoms with Crippen LogP contribution in [-0.4, -0.2) is 41.6 Å². The van der Waals surface area contributed by atoms with E-state index in [0.717, 1.165) is 12.0 Å². The van der Waals surface area contributed by atoms with Gasteiger partial charge in [0.25, 0.3) is 0 Å². The highest BCUT2D eigenvalue weighted by molar-refractivity contribution is 5.77. The molecule has 20 heavy (non-hydrogen) atoms. The van der Waals surface area contributed by atoms with Crippen LogP contribution in [0.3, 0.4) is 0 Å². The standard InChI is InChI=1S/C15H25N3O2/c1-15(2,20-3)10-14(19)18(9-5-7-16)12-13-6-4-8-17-11-13/h4,6,8,11H,5,7,9-10,12,16H2,1-3H3. The number of pyridine rings is 1. The second kappa shape index (κ2) is 7.97. The van der Waals surface area contributed by atoms with Gasteiger partial charge in [0.15, 0.2) is 0 Å². The van der Waals surface area contributed by atoms with E-state index in [-0.39, 0.29) is 5.91 Å². The lowest BCUT2D eigenvalue weighted by molar-refractivity contribution is -0.137. The molecule has 1 heterocycles. The summed E-state index contributed by atoms with van der Waals surface area (Å²) in [6.07, 6.45) is 4.65. The lowest BCUT2D eigenvalue weighted by Gasteiger charge is -2.28. The highest BCUT2D eigenvalue weighted by atomic mass is 16.5. The molecule has 0 aliphatic heterocycles. The first-order chi connectivity index (χ1) is 9.48. The molecule has 1 amide bonds. The predicted octanol–water partition coefficient (Wildman–Crippen LogP) is 1.57. The monoisotopic (exact) mass is 279 g/mol. The summed E-state index contributed by atoms with van der Waals surface area (Å²) in [7, 11) is 1.62. The van der Waals surface area contributed by atoms with Crippen LogP contribution < -0.4 is 5.73 Å². The Balaban J connectivity index is 2.70. The van der Waals surface area contributed by atoms with E-state index in [9.17, 15) is 4.79 Å². The Kier molecular flexibility index (Phi) is 6.61. The summed E-state index contributed by atoms with van der Waals surface area (Å²) in [5.74, 6) is 0.0779. The molecule has 0 aliphatic carbocycles. The van der Waals surface area contributed by atoms with E-state index < -0.39 is 5.60 Å². The molecule has 0 spiro atoms. The molecular formula is C15H25N3O2. The summed E-state index contributed by atoms with van der Waals surface area (Å²) in [6.45, 7) is 5.62. The Morgan fingerprint density at radius 3 is 2.80 bits per heavy atom. The first-order valence-corrected chi connectivity index (χ1v) is 6.90. The van der Waals surface area contributed by atoms with Crippen LogP contribution >= 0.6 is 0 Å². The van der Waals surface area contributed by atoms with Crippen LogP contribution in [0.5, 0.6) is 0 Å². The lowest BCUT2D eigenvalue weighted by atomic mass is 10.0. The van der Waals surface area contributed by atoms with Gasteiger partial charge in [-0.1, -0.05) is 6.07 Å². The number of carbonyl (C=O) groups excluding carboxylic acids is 1. The maximum absolute atomic E-state index is 12.4. The van der Waals surface area contributed by atoms with Crippen molar-refractivity contribution in [3.8, 4) is 0 Å². The number of methoxy groups -OCH3 is 1. The maximum Gasteiger partial charge on any atom is 0.225 e. The van der Waals surface area contributed by atoms with Gasteiger partial charge in [-0.05, 0) is 38.4 Å². The Bertz CT molecular complexity index is 407. The average Bonchev–Trinajstić information content (AvgIpc) is 2.44. The van der Waals surface area contributed by atoms with Gasteiger partial charge in [0.2, 0.25) is 5.91 Å². The van der Waals surface area contributed by atoms with Gasteiger partial charge in [0, 0.05) is 32.6 Å². The number of ether oxygens (including phenoxy) is 1. The number of nitrogens with two attached hydrogens (primary N) is 1. The Hall–Kier alpha value is -1.46. The smallest absolute Gasteiger partial charge is 0.225 e. The molecule has 2 N–H and O–H groups in total.